The van der Waals surface area contributed by atoms with Gasteiger partial charge in [-0.15, -0.1) is 0 Å². The molecule has 0 aromatic carbocycles. The third-order valence-electron chi connectivity index (χ3n) is 4.20. The van der Waals surface area contributed by atoms with Crippen molar-refractivity contribution in [1.82, 2.24) is 9.88 Å². The van der Waals surface area contributed by atoms with Crippen molar-refractivity contribution in [2.45, 2.75) is 32.7 Å². The van der Waals surface area contributed by atoms with Gasteiger partial charge in [0.05, 0.1) is 0 Å². The highest BCUT2D eigenvalue weighted by atomic mass is 16.2. The first-order chi connectivity index (χ1) is 8.99. The Bertz CT molecular complexity index is 458. The molecule has 1 saturated carbocycles. The summed E-state index contributed by atoms with van der Waals surface area (Å²) >= 11 is 0. The van der Waals surface area contributed by atoms with Gasteiger partial charge in [0, 0.05) is 32.0 Å². The Kier molecular flexibility index (Phi) is 4.08. The lowest BCUT2D eigenvalue weighted by Gasteiger charge is -2.21. The summed E-state index contributed by atoms with van der Waals surface area (Å²) in [5, 5.41) is 3.54. The van der Waals surface area contributed by atoms with E-state index in [1.54, 1.807) is 25.2 Å². The molecule has 1 aromatic rings. The maximum atomic E-state index is 11.9. The van der Waals surface area contributed by atoms with E-state index in [2.05, 4.69) is 24.1 Å². The van der Waals surface area contributed by atoms with Crippen LogP contribution in [0.2, 0.25) is 0 Å². The van der Waals surface area contributed by atoms with Crippen LogP contribution >= 0.6 is 0 Å². The van der Waals surface area contributed by atoms with Crippen LogP contribution in [-0.2, 0) is 0 Å². The first kappa shape index (κ1) is 13.8. The zero-order chi connectivity index (χ0) is 14.0. The van der Waals surface area contributed by atoms with E-state index in [-0.39, 0.29) is 5.91 Å². The van der Waals surface area contributed by atoms with Crippen LogP contribution in [0, 0.1) is 11.8 Å². The van der Waals surface area contributed by atoms with E-state index in [0.29, 0.717) is 17.7 Å². The van der Waals surface area contributed by atoms with Gasteiger partial charge in [-0.25, -0.2) is 0 Å². The molecule has 0 saturated heterocycles. The Morgan fingerprint density at radius 2 is 2.11 bits per heavy atom. The Labute approximate surface area is 115 Å². The van der Waals surface area contributed by atoms with Gasteiger partial charge in [0.2, 0.25) is 0 Å². The minimum Gasteiger partial charge on any atom is -0.382 e. The molecule has 3 atom stereocenters. The first-order valence-corrected chi connectivity index (χ1v) is 6.93. The smallest absolute Gasteiger partial charge is 0.272 e. The van der Waals surface area contributed by atoms with E-state index in [1.165, 1.54) is 12.8 Å². The van der Waals surface area contributed by atoms with Gasteiger partial charge in [-0.1, -0.05) is 13.8 Å². The fourth-order valence-electron chi connectivity index (χ4n) is 2.65. The molecule has 0 aliphatic heterocycles. The zero-order valence-electron chi connectivity index (χ0n) is 12.2. The van der Waals surface area contributed by atoms with Crippen molar-refractivity contribution in [1.29, 1.82) is 0 Å². The highest BCUT2D eigenvalue weighted by Gasteiger charge is 2.29. The molecule has 1 heterocycles. The summed E-state index contributed by atoms with van der Waals surface area (Å²) in [6, 6.07) is 4.28. The van der Waals surface area contributed by atoms with E-state index < -0.39 is 0 Å². The number of nitrogens with zero attached hydrogens (tertiary/aromatic N) is 2. The molecule has 0 radical (unpaired) electrons. The number of rotatable bonds is 3. The van der Waals surface area contributed by atoms with Crippen LogP contribution in [0.3, 0.4) is 0 Å². The molecule has 1 aromatic heterocycles. The topological polar surface area (TPSA) is 45.2 Å². The standard InChI is InChI=1S/C15H23N3O/c1-10-5-6-13(11(10)2)17-12-7-8-16-14(9-12)15(19)18(3)4/h7-11,13H,5-6H2,1-4H3,(H,16,17). The fourth-order valence-corrected chi connectivity index (χ4v) is 2.65. The maximum Gasteiger partial charge on any atom is 0.272 e. The minimum atomic E-state index is -0.0588. The highest BCUT2D eigenvalue weighted by Crippen LogP contribution is 2.33. The monoisotopic (exact) mass is 261 g/mol. The van der Waals surface area contributed by atoms with Crippen molar-refractivity contribution >= 4 is 11.6 Å². The highest BCUT2D eigenvalue weighted by molar-refractivity contribution is 5.92. The summed E-state index contributed by atoms with van der Waals surface area (Å²) in [5.41, 5.74) is 1.49. The second-order valence-corrected chi connectivity index (χ2v) is 5.79. The number of pyridine rings is 1. The quantitative estimate of drug-likeness (QED) is 0.909. The SMILES string of the molecule is CC1CCC(Nc2ccnc(C(=O)N(C)C)c2)C1C. The lowest BCUT2D eigenvalue weighted by atomic mass is 9.97. The molecule has 1 aliphatic carbocycles. The van der Waals surface area contributed by atoms with Crippen molar-refractivity contribution in [3.8, 4) is 0 Å². The van der Waals surface area contributed by atoms with Gasteiger partial charge in [0.1, 0.15) is 5.69 Å². The number of carbonyl (C=O) groups is 1. The number of hydrogen-bond acceptors (Lipinski definition) is 3. The Balaban J connectivity index is 2.09. The Hall–Kier alpha value is -1.58. The van der Waals surface area contributed by atoms with E-state index in [1.807, 2.05) is 12.1 Å². The van der Waals surface area contributed by atoms with Crippen molar-refractivity contribution in [3.63, 3.8) is 0 Å². The second-order valence-electron chi connectivity index (χ2n) is 5.79. The number of carbonyl (C=O) groups excluding carboxylic acids is 1. The van der Waals surface area contributed by atoms with Gasteiger partial charge in [0.15, 0.2) is 0 Å². The van der Waals surface area contributed by atoms with Crippen LogP contribution < -0.4 is 5.32 Å². The molecule has 0 bridgehead atoms. The summed E-state index contributed by atoms with van der Waals surface area (Å²) in [5.74, 6) is 1.37. The molecular weight excluding hydrogens is 238 g/mol. The normalized spacial score (nSPS) is 26.2. The van der Waals surface area contributed by atoms with Crippen molar-refractivity contribution in [3.05, 3.63) is 24.0 Å². The lowest BCUT2D eigenvalue weighted by molar-refractivity contribution is 0.0822. The molecule has 0 spiro atoms. The van der Waals surface area contributed by atoms with E-state index in [4.69, 9.17) is 0 Å². The largest absolute Gasteiger partial charge is 0.382 e. The maximum absolute atomic E-state index is 11.9. The molecule has 3 unspecified atom stereocenters. The summed E-state index contributed by atoms with van der Waals surface area (Å²) < 4.78 is 0. The van der Waals surface area contributed by atoms with Crippen LogP contribution in [0.25, 0.3) is 0 Å². The van der Waals surface area contributed by atoms with Gasteiger partial charge in [0.25, 0.3) is 5.91 Å². The molecule has 2 rings (SSSR count). The molecule has 19 heavy (non-hydrogen) atoms. The van der Waals surface area contributed by atoms with Crippen LogP contribution in [-0.4, -0.2) is 35.9 Å². The van der Waals surface area contributed by atoms with Gasteiger partial charge >= 0.3 is 0 Å². The minimum absolute atomic E-state index is 0.0588. The molecule has 4 nitrogen and oxygen atoms in total. The predicted molar refractivity (Wildman–Crippen MR) is 77.2 cm³/mol. The van der Waals surface area contributed by atoms with Gasteiger partial charge in [-0.3, -0.25) is 9.78 Å². The Morgan fingerprint density at radius 1 is 1.37 bits per heavy atom. The summed E-state index contributed by atoms with van der Waals surface area (Å²) in [6.45, 7) is 4.60. The fraction of sp³-hybridized carbons (Fsp3) is 0.600. The zero-order valence-corrected chi connectivity index (χ0v) is 12.2. The summed E-state index contributed by atoms with van der Waals surface area (Å²) in [6.07, 6.45) is 4.16. The molecule has 1 amide bonds. The van der Waals surface area contributed by atoms with Crippen molar-refractivity contribution in [2.75, 3.05) is 19.4 Å². The molecular formula is C15H23N3O. The number of anilines is 1. The first-order valence-electron chi connectivity index (χ1n) is 6.93. The van der Waals surface area contributed by atoms with Crippen LogP contribution in [0.15, 0.2) is 18.3 Å². The van der Waals surface area contributed by atoms with Gasteiger partial charge in [-0.2, -0.15) is 0 Å². The van der Waals surface area contributed by atoms with Gasteiger partial charge < -0.3 is 10.2 Å². The number of nitrogens with one attached hydrogen (secondary N) is 1. The average Bonchev–Trinajstić information content (AvgIpc) is 2.70. The van der Waals surface area contributed by atoms with Crippen LogP contribution in [0.5, 0.6) is 0 Å². The van der Waals surface area contributed by atoms with Gasteiger partial charge in [-0.05, 0) is 36.8 Å². The predicted octanol–water partition coefficient (Wildman–Crippen LogP) is 2.63. The lowest BCUT2D eigenvalue weighted by Crippen LogP contribution is -2.25. The molecule has 1 aliphatic rings. The van der Waals surface area contributed by atoms with Crippen LogP contribution in [0.4, 0.5) is 5.69 Å². The van der Waals surface area contributed by atoms with Crippen molar-refractivity contribution in [2.24, 2.45) is 11.8 Å². The molecule has 1 N–H and O–H groups in total. The van der Waals surface area contributed by atoms with E-state index in [9.17, 15) is 4.79 Å². The summed E-state index contributed by atoms with van der Waals surface area (Å²) in [4.78, 5) is 17.6. The molecule has 104 valence electrons. The summed E-state index contributed by atoms with van der Waals surface area (Å²) in [7, 11) is 3.48. The molecule has 4 heteroatoms. The second kappa shape index (κ2) is 5.59. The van der Waals surface area contributed by atoms with Crippen LogP contribution in [0.1, 0.15) is 37.2 Å². The van der Waals surface area contributed by atoms with E-state index in [0.717, 1.165) is 11.6 Å². The molecule has 1 fully saturated rings. The third kappa shape index (κ3) is 3.06. The number of aromatic nitrogens is 1. The number of amides is 1. The Morgan fingerprint density at radius 3 is 2.68 bits per heavy atom. The number of hydrogen-bond donors (Lipinski definition) is 1. The third-order valence-corrected chi connectivity index (χ3v) is 4.20. The average molecular weight is 261 g/mol. The van der Waals surface area contributed by atoms with E-state index >= 15 is 0 Å². The van der Waals surface area contributed by atoms with Crippen molar-refractivity contribution < 1.29 is 4.79 Å².